The van der Waals surface area contributed by atoms with Gasteiger partial charge in [0, 0.05) is 45.9 Å². The Morgan fingerprint density at radius 1 is 1.30 bits per heavy atom. The van der Waals surface area contributed by atoms with E-state index >= 15 is 0 Å². The van der Waals surface area contributed by atoms with Crippen LogP contribution in [0.5, 0.6) is 0 Å². The second-order valence-electron chi connectivity index (χ2n) is 4.59. The molecule has 0 saturated heterocycles. The van der Waals surface area contributed by atoms with Crippen molar-refractivity contribution in [3.05, 3.63) is 57.1 Å². The van der Waals surface area contributed by atoms with Gasteiger partial charge in [0.2, 0.25) is 0 Å². The first-order valence-electron chi connectivity index (χ1n) is 6.41. The third kappa shape index (κ3) is 2.95. The lowest BCUT2D eigenvalue weighted by Crippen LogP contribution is -2.18. The lowest BCUT2D eigenvalue weighted by Gasteiger charge is -2.06. The molecule has 0 aliphatic carbocycles. The van der Waals surface area contributed by atoms with Crippen molar-refractivity contribution in [2.45, 2.75) is 13.1 Å². The number of halogens is 2. The fraction of sp³-hybridized carbons (Fsp3) is 0.200. The molecule has 1 aromatic carbocycles. The molecule has 104 valence electrons. The zero-order valence-electron chi connectivity index (χ0n) is 10.8. The van der Waals surface area contributed by atoms with Gasteiger partial charge in [-0.05, 0) is 40.2 Å². The summed E-state index contributed by atoms with van der Waals surface area (Å²) in [7, 11) is 0. The molecule has 5 heteroatoms. The number of thiophene rings is 1. The molecule has 0 aliphatic heterocycles. The molecule has 2 heterocycles. The minimum atomic E-state index is -0.155. The van der Waals surface area contributed by atoms with E-state index in [1.54, 1.807) is 17.4 Å². The molecule has 0 bridgehead atoms. The van der Waals surface area contributed by atoms with E-state index in [9.17, 15) is 4.39 Å². The van der Waals surface area contributed by atoms with Crippen molar-refractivity contribution >= 4 is 38.2 Å². The number of benzene rings is 1. The van der Waals surface area contributed by atoms with Gasteiger partial charge in [-0.25, -0.2) is 4.39 Å². The first kappa shape index (κ1) is 13.8. The van der Waals surface area contributed by atoms with Crippen LogP contribution < -0.4 is 5.32 Å². The number of hydrogen-bond donors (Lipinski definition) is 1. The van der Waals surface area contributed by atoms with Gasteiger partial charge in [0.25, 0.3) is 0 Å². The van der Waals surface area contributed by atoms with E-state index in [0.29, 0.717) is 5.39 Å². The van der Waals surface area contributed by atoms with E-state index in [4.69, 9.17) is 0 Å². The molecule has 2 aromatic heterocycles. The summed E-state index contributed by atoms with van der Waals surface area (Å²) in [5.41, 5.74) is 0.950. The number of aromatic nitrogens is 1. The van der Waals surface area contributed by atoms with Crippen LogP contribution in [0.3, 0.4) is 0 Å². The highest BCUT2D eigenvalue weighted by Crippen LogP contribution is 2.20. The lowest BCUT2D eigenvalue weighted by atomic mass is 10.2. The Labute approximate surface area is 129 Å². The Bertz CT molecular complexity index is 720. The van der Waals surface area contributed by atoms with Gasteiger partial charge in [-0.1, -0.05) is 6.07 Å². The maximum Gasteiger partial charge on any atom is 0.132 e. The maximum atomic E-state index is 13.6. The highest BCUT2D eigenvalue weighted by atomic mass is 79.9. The molecule has 0 atom stereocenters. The summed E-state index contributed by atoms with van der Waals surface area (Å²) >= 11 is 5.19. The molecule has 0 unspecified atom stereocenters. The number of nitrogens with zero attached hydrogens (tertiary/aromatic N) is 1. The number of fused-ring (bicyclic) bond motifs is 1. The fourth-order valence-electron chi connectivity index (χ4n) is 2.24. The van der Waals surface area contributed by atoms with Gasteiger partial charge in [-0.2, -0.15) is 0 Å². The second kappa shape index (κ2) is 6.08. The standard InChI is InChI=1S/C15H14BrFN2S/c16-11-8-12(20-10-11)9-18-5-7-19-6-4-13-14(17)2-1-3-15(13)19/h1-4,6,8,10,18H,5,7,9H2. The van der Waals surface area contributed by atoms with Gasteiger partial charge >= 0.3 is 0 Å². The topological polar surface area (TPSA) is 17.0 Å². The van der Waals surface area contributed by atoms with Crippen molar-refractivity contribution in [3.63, 3.8) is 0 Å². The first-order chi connectivity index (χ1) is 9.74. The van der Waals surface area contributed by atoms with E-state index in [2.05, 4.69) is 37.3 Å². The van der Waals surface area contributed by atoms with Crippen LogP contribution >= 0.6 is 27.3 Å². The van der Waals surface area contributed by atoms with Gasteiger partial charge in [0.1, 0.15) is 5.82 Å². The zero-order valence-corrected chi connectivity index (χ0v) is 13.2. The Morgan fingerprint density at radius 2 is 2.20 bits per heavy atom. The van der Waals surface area contributed by atoms with E-state index in [0.717, 1.165) is 29.6 Å². The summed E-state index contributed by atoms with van der Waals surface area (Å²) in [4.78, 5) is 1.31. The molecule has 20 heavy (non-hydrogen) atoms. The molecule has 3 aromatic rings. The molecule has 2 nitrogen and oxygen atoms in total. The van der Waals surface area contributed by atoms with Crippen LogP contribution in [0.25, 0.3) is 10.9 Å². The molecular formula is C15H14BrFN2S. The van der Waals surface area contributed by atoms with Crippen molar-refractivity contribution in [1.29, 1.82) is 0 Å². The minimum absolute atomic E-state index is 0.155. The molecule has 0 radical (unpaired) electrons. The Morgan fingerprint density at radius 3 is 3.00 bits per heavy atom. The average molecular weight is 353 g/mol. The SMILES string of the molecule is Fc1cccc2c1ccn2CCNCc1cc(Br)cs1. The quantitative estimate of drug-likeness (QED) is 0.673. The van der Waals surface area contributed by atoms with Crippen LogP contribution in [0.1, 0.15) is 4.88 Å². The maximum absolute atomic E-state index is 13.6. The van der Waals surface area contributed by atoms with E-state index in [-0.39, 0.29) is 5.82 Å². The number of rotatable bonds is 5. The largest absolute Gasteiger partial charge is 0.346 e. The third-order valence-corrected chi connectivity index (χ3v) is 4.91. The van der Waals surface area contributed by atoms with Crippen LogP contribution in [-0.2, 0) is 13.1 Å². The van der Waals surface area contributed by atoms with Gasteiger partial charge in [0.05, 0.1) is 5.52 Å². The van der Waals surface area contributed by atoms with Crippen LogP contribution in [0.4, 0.5) is 4.39 Å². The molecule has 0 spiro atoms. The van der Waals surface area contributed by atoms with Crippen LogP contribution in [0, 0.1) is 5.82 Å². The van der Waals surface area contributed by atoms with Gasteiger partial charge in [0.15, 0.2) is 0 Å². The average Bonchev–Trinajstić information content (AvgIpc) is 3.02. The molecule has 0 saturated carbocycles. The van der Waals surface area contributed by atoms with Crippen molar-refractivity contribution in [2.24, 2.45) is 0 Å². The Kier molecular flexibility index (Phi) is 4.19. The Hall–Kier alpha value is -1.17. The Balaban J connectivity index is 1.59. The van der Waals surface area contributed by atoms with E-state index < -0.39 is 0 Å². The monoisotopic (exact) mass is 352 g/mol. The van der Waals surface area contributed by atoms with E-state index in [1.165, 1.54) is 10.9 Å². The molecular weight excluding hydrogens is 339 g/mol. The minimum Gasteiger partial charge on any atom is -0.346 e. The highest BCUT2D eigenvalue weighted by Gasteiger charge is 2.04. The number of nitrogens with one attached hydrogen (secondary N) is 1. The third-order valence-electron chi connectivity index (χ3n) is 3.21. The normalized spacial score (nSPS) is 11.3. The van der Waals surface area contributed by atoms with Gasteiger partial charge < -0.3 is 9.88 Å². The predicted octanol–water partition coefficient (Wildman–Crippen LogP) is 4.39. The summed E-state index contributed by atoms with van der Waals surface area (Å²) < 4.78 is 16.8. The van der Waals surface area contributed by atoms with Crippen molar-refractivity contribution in [3.8, 4) is 0 Å². The van der Waals surface area contributed by atoms with Gasteiger partial charge in [-0.15, -0.1) is 11.3 Å². The summed E-state index contributed by atoms with van der Waals surface area (Å²) in [5.74, 6) is -0.155. The first-order valence-corrected chi connectivity index (χ1v) is 8.08. The highest BCUT2D eigenvalue weighted by molar-refractivity contribution is 9.10. The van der Waals surface area contributed by atoms with Crippen molar-refractivity contribution < 1.29 is 4.39 Å². The summed E-state index contributed by atoms with van der Waals surface area (Å²) in [6.45, 7) is 2.55. The van der Waals surface area contributed by atoms with E-state index in [1.807, 2.05) is 18.3 Å². The van der Waals surface area contributed by atoms with Crippen LogP contribution in [-0.4, -0.2) is 11.1 Å². The van der Waals surface area contributed by atoms with Crippen LogP contribution in [0.15, 0.2) is 46.4 Å². The van der Waals surface area contributed by atoms with Gasteiger partial charge in [-0.3, -0.25) is 0 Å². The molecule has 0 amide bonds. The predicted molar refractivity (Wildman–Crippen MR) is 85.6 cm³/mol. The zero-order chi connectivity index (χ0) is 13.9. The second-order valence-corrected chi connectivity index (χ2v) is 6.50. The smallest absolute Gasteiger partial charge is 0.132 e. The summed E-state index contributed by atoms with van der Waals surface area (Å²) in [6.07, 6.45) is 1.94. The molecule has 0 aliphatic rings. The molecule has 1 N–H and O–H groups in total. The van der Waals surface area contributed by atoms with Crippen LogP contribution in [0.2, 0.25) is 0 Å². The van der Waals surface area contributed by atoms with Crippen molar-refractivity contribution in [2.75, 3.05) is 6.54 Å². The summed E-state index contributed by atoms with van der Waals surface area (Å²) in [6, 6.07) is 9.16. The fourth-order valence-corrected chi connectivity index (χ4v) is 3.66. The lowest BCUT2D eigenvalue weighted by molar-refractivity contribution is 0.611. The van der Waals surface area contributed by atoms with Crippen molar-refractivity contribution in [1.82, 2.24) is 9.88 Å². The summed E-state index contributed by atoms with van der Waals surface area (Å²) in [5, 5.41) is 6.18. The molecule has 0 fully saturated rings. The molecule has 3 rings (SSSR count). The number of hydrogen-bond acceptors (Lipinski definition) is 2.